The molecule has 0 spiro atoms. The van der Waals surface area contributed by atoms with E-state index in [0.29, 0.717) is 17.9 Å². The number of carbonyl (C=O) groups is 3. The topological polar surface area (TPSA) is 150 Å². The van der Waals surface area contributed by atoms with Crippen LogP contribution in [0.5, 0.6) is 0 Å². The lowest BCUT2D eigenvalue weighted by atomic mass is 10.0. The Morgan fingerprint density at radius 1 is 1.34 bits per heavy atom. The molecular formula is C21H20N4O8S2. The van der Waals surface area contributed by atoms with Gasteiger partial charge in [0, 0.05) is 29.0 Å². The Hall–Kier alpha value is -3.52. The first-order valence-corrected chi connectivity index (χ1v) is 12.4. The first-order valence-electron chi connectivity index (χ1n) is 10.3. The normalized spacial score (nSPS) is 21.5. The average Bonchev–Trinajstić information content (AvgIpc) is 2.88. The fourth-order valence-electron chi connectivity index (χ4n) is 3.46. The molecule has 14 heteroatoms. The Morgan fingerprint density at radius 2 is 2.11 bits per heavy atom. The van der Waals surface area contributed by atoms with Crippen LogP contribution >= 0.6 is 23.5 Å². The van der Waals surface area contributed by atoms with Gasteiger partial charge >= 0.3 is 5.97 Å². The third-order valence-corrected chi connectivity index (χ3v) is 7.11. The summed E-state index contributed by atoms with van der Waals surface area (Å²) in [5.41, 5.74) is 0.503. The molecule has 0 radical (unpaired) electrons. The molecule has 1 aromatic carbocycles. The maximum atomic E-state index is 12.8. The maximum Gasteiger partial charge on any atom is 0.355 e. The van der Waals surface area contributed by atoms with Crippen LogP contribution in [-0.4, -0.2) is 70.0 Å². The summed E-state index contributed by atoms with van der Waals surface area (Å²) in [4.78, 5) is 54.6. The first-order chi connectivity index (χ1) is 16.9. The van der Waals surface area contributed by atoms with E-state index in [4.69, 9.17) is 14.3 Å². The van der Waals surface area contributed by atoms with E-state index < -0.39 is 34.1 Å². The smallest absolute Gasteiger partial charge is 0.355 e. The minimum Gasteiger partial charge on any atom is -0.490 e. The molecule has 3 heterocycles. The summed E-state index contributed by atoms with van der Waals surface area (Å²) in [6.07, 6.45) is 1.59. The number of benzene rings is 1. The van der Waals surface area contributed by atoms with Crippen LogP contribution in [0.15, 0.2) is 52.4 Å². The van der Waals surface area contributed by atoms with Crippen LogP contribution in [0.3, 0.4) is 0 Å². The second-order valence-corrected chi connectivity index (χ2v) is 9.42. The van der Waals surface area contributed by atoms with Crippen molar-refractivity contribution in [2.75, 3.05) is 25.2 Å². The highest BCUT2D eigenvalue weighted by Crippen LogP contribution is 2.38. The highest BCUT2D eigenvalue weighted by atomic mass is 32.2. The zero-order valence-electron chi connectivity index (χ0n) is 18.4. The molecule has 1 unspecified atom stereocenters. The summed E-state index contributed by atoms with van der Waals surface area (Å²) in [7, 11) is 1.30. The SMILES string of the molecule is CON=C(C(=O)NC1C(=O)N2C(C(=O)OCc3ccc([N+](=O)[O-])cc3)=CCS[C@H]12)C1=CSCCO1. The second-order valence-electron chi connectivity index (χ2n) is 7.30. The zero-order chi connectivity index (χ0) is 24.9. The van der Waals surface area contributed by atoms with Gasteiger partial charge in [-0.25, -0.2) is 4.79 Å². The highest BCUT2D eigenvalue weighted by Gasteiger charge is 2.53. The van der Waals surface area contributed by atoms with E-state index in [1.807, 2.05) is 0 Å². The van der Waals surface area contributed by atoms with Gasteiger partial charge in [0.1, 0.15) is 30.8 Å². The monoisotopic (exact) mass is 520 g/mol. The Bertz CT molecular complexity index is 1130. The Balaban J connectivity index is 1.37. The van der Waals surface area contributed by atoms with Crippen LogP contribution in [-0.2, 0) is 35.3 Å². The number of non-ortho nitro benzene ring substituents is 1. The summed E-state index contributed by atoms with van der Waals surface area (Å²) in [6.45, 7) is 0.301. The van der Waals surface area contributed by atoms with Crippen molar-refractivity contribution in [3.8, 4) is 0 Å². The number of fused-ring (bicyclic) bond motifs is 1. The predicted octanol–water partition coefficient (Wildman–Crippen LogP) is 1.53. The van der Waals surface area contributed by atoms with E-state index in [0.717, 1.165) is 5.75 Å². The van der Waals surface area contributed by atoms with Gasteiger partial charge in [-0.2, -0.15) is 0 Å². The molecule has 4 rings (SSSR count). The summed E-state index contributed by atoms with van der Waals surface area (Å²) in [5.74, 6) is -0.348. The number of nitro groups is 1. The molecule has 1 saturated heterocycles. The molecule has 3 aliphatic heterocycles. The van der Waals surface area contributed by atoms with Crippen LogP contribution in [0.25, 0.3) is 0 Å². The number of thioether (sulfide) groups is 2. The first kappa shape index (κ1) is 24.6. The maximum absolute atomic E-state index is 12.8. The third-order valence-electron chi connectivity index (χ3n) is 5.14. The summed E-state index contributed by atoms with van der Waals surface area (Å²) in [5, 5.41) is 18.3. The number of nitrogens with zero attached hydrogens (tertiary/aromatic N) is 3. The van der Waals surface area contributed by atoms with E-state index >= 15 is 0 Å². The Labute approximate surface area is 207 Å². The molecule has 0 bridgehead atoms. The molecule has 1 N–H and O–H groups in total. The largest absolute Gasteiger partial charge is 0.490 e. The molecular weight excluding hydrogens is 500 g/mol. The van der Waals surface area contributed by atoms with Crippen molar-refractivity contribution in [1.29, 1.82) is 0 Å². The molecule has 12 nitrogen and oxygen atoms in total. The summed E-state index contributed by atoms with van der Waals surface area (Å²) < 4.78 is 10.8. The molecule has 35 heavy (non-hydrogen) atoms. The summed E-state index contributed by atoms with van der Waals surface area (Å²) in [6, 6.07) is 4.75. The lowest BCUT2D eigenvalue weighted by Crippen LogP contribution is -2.70. The number of oxime groups is 1. The Kier molecular flexibility index (Phi) is 7.60. The third kappa shape index (κ3) is 5.27. The minimum absolute atomic E-state index is 0.0713. The average molecular weight is 521 g/mol. The van der Waals surface area contributed by atoms with E-state index in [9.17, 15) is 24.5 Å². The van der Waals surface area contributed by atoms with Gasteiger partial charge in [0.05, 0.1) is 11.5 Å². The number of nitro benzene ring substituents is 1. The van der Waals surface area contributed by atoms with Gasteiger partial charge in [-0.15, -0.1) is 23.5 Å². The number of ether oxygens (including phenoxy) is 2. The number of nitrogens with one attached hydrogen (secondary N) is 1. The molecule has 3 aliphatic rings. The van der Waals surface area contributed by atoms with Gasteiger partial charge in [-0.05, 0) is 23.8 Å². The highest BCUT2D eigenvalue weighted by molar-refractivity contribution is 8.02. The molecule has 0 saturated carbocycles. The number of hydrogen-bond donors (Lipinski definition) is 1. The van der Waals surface area contributed by atoms with Crippen molar-refractivity contribution in [3.63, 3.8) is 0 Å². The van der Waals surface area contributed by atoms with Crippen LogP contribution in [0, 0.1) is 10.1 Å². The van der Waals surface area contributed by atoms with Crippen molar-refractivity contribution in [2.45, 2.75) is 18.0 Å². The van der Waals surface area contributed by atoms with Crippen LogP contribution < -0.4 is 5.32 Å². The fourth-order valence-corrected chi connectivity index (χ4v) is 5.28. The van der Waals surface area contributed by atoms with Crippen LogP contribution in [0.2, 0.25) is 0 Å². The van der Waals surface area contributed by atoms with Crippen molar-refractivity contribution in [3.05, 3.63) is 62.9 Å². The van der Waals surface area contributed by atoms with E-state index in [2.05, 4.69) is 10.5 Å². The van der Waals surface area contributed by atoms with Crippen molar-refractivity contribution in [2.24, 2.45) is 5.16 Å². The lowest BCUT2D eigenvalue weighted by Gasteiger charge is -2.48. The van der Waals surface area contributed by atoms with Gasteiger partial charge < -0.3 is 19.6 Å². The summed E-state index contributed by atoms with van der Waals surface area (Å²) >= 11 is 2.86. The minimum atomic E-state index is -0.863. The molecule has 1 aromatic rings. The number of esters is 1. The van der Waals surface area contributed by atoms with Crippen molar-refractivity contribution >= 4 is 52.7 Å². The van der Waals surface area contributed by atoms with Crippen LogP contribution in [0.4, 0.5) is 5.69 Å². The van der Waals surface area contributed by atoms with Crippen LogP contribution in [0.1, 0.15) is 5.56 Å². The lowest BCUT2D eigenvalue weighted by molar-refractivity contribution is -0.384. The van der Waals surface area contributed by atoms with Crippen molar-refractivity contribution in [1.82, 2.24) is 10.2 Å². The molecule has 2 atom stereocenters. The number of amides is 2. The van der Waals surface area contributed by atoms with Gasteiger partial charge in [0.15, 0.2) is 5.76 Å². The molecule has 2 amide bonds. The van der Waals surface area contributed by atoms with Gasteiger partial charge in [-0.3, -0.25) is 24.6 Å². The molecule has 184 valence electrons. The number of carbonyl (C=O) groups excluding carboxylic acids is 3. The predicted molar refractivity (Wildman–Crippen MR) is 127 cm³/mol. The quantitative estimate of drug-likeness (QED) is 0.176. The standard InChI is InChI=1S/C21H20N4O8S2/c1-31-23-16(15-11-34-9-7-32-15)18(26)22-17-19(27)24-14(6-8-35-20(17)24)21(28)33-10-12-2-4-13(5-3-12)25(29)30/h2-6,11,17,20H,7-10H2,1H3,(H,22,26)/t17?,20-/m1/s1. The van der Waals surface area contributed by atoms with E-state index in [1.54, 1.807) is 11.5 Å². The molecule has 0 aliphatic carbocycles. The van der Waals surface area contributed by atoms with Gasteiger partial charge in [0.2, 0.25) is 5.71 Å². The van der Waals surface area contributed by atoms with E-state index in [1.165, 1.54) is 59.8 Å². The fraction of sp³-hybridized carbons (Fsp3) is 0.333. The number of hydrogen-bond acceptors (Lipinski definition) is 11. The van der Waals surface area contributed by atoms with E-state index in [-0.39, 0.29) is 29.5 Å². The number of rotatable bonds is 8. The number of β-lactam (4-membered cyclic amide) rings is 1. The van der Waals surface area contributed by atoms with Crippen molar-refractivity contribution < 1.29 is 33.6 Å². The zero-order valence-corrected chi connectivity index (χ0v) is 20.0. The molecule has 1 fully saturated rings. The second kappa shape index (κ2) is 10.8. The van der Waals surface area contributed by atoms with Gasteiger partial charge in [-0.1, -0.05) is 5.16 Å². The Morgan fingerprint density at radius 3 is 2.77 bits per heavy atom. The van der Waals surface area contributed by atoms with Gasteiger partial charge in [0.25, 0.3) is 17.5 Å². The molecule has 0 aromatic heterocycles.